The highest BCUT2D eigenvalue weighted by Gasteiger charge is 2.14. The SMILES string of the molecule is CCc1cccc(NC(=O)Cn2nc3ccc(C(=O)Nc4ccc(C)cc4)cn3c2=O)c1. The monoisotopic (exact) mass is 429 g/mol. The Morgan fingerprint density at radius 1 is 0.969 bits per heavy atom. The third kappa shape index (κ3) is 4.59. The molecular weight excluding hydrogens is 406 g/mol. The van der Waals surface area contributed by atoms with Crippen molar-refractivity contribution in [1.29, 1.82) is 0 Å². The number of amides is 2. The van der Waals surface area contributed by atoms with Crippen LogP contribution in [0.4, 0.5) is 11.4 Å². The fourth-order valence-electron chi connectivity index (χ4n) is 3.30. The zero-order valence-corrected chi connectivity index (χ0v) is 17.8. The molecule has 4 aromatic rings. The topological polar surface area (TPSA) is 97.5 Å². The molecule has 0 radical (unpaired) electrons. The van der Waals surface area contributed by atoms with Gasteiger partial charge in [0.15, 0.2) is 5.65 Å². The van der Waals surface area contributed by atoms with Gasteiger partial charge in [-0.05, 0) is 55.3 Å². The van der Waals surface area contributed by atoms with Gasteiger partial charge in [-0.2, -0.15) is 0 Å². The molecule has 0 aliphatic rings. The maximum absolute atomic E-state index is 12.7. The number of aromatic nitrogens is 3. The number of anilines is 2. The van der Waals surface area contributed by atoms with Gasteiger partial charge < -0.3 is 10.6 Å². The Morgan fingerprint density at radius 2 is 1.75 bits per heavy atom. The zero-order chi connectivity index (χ0) is 22.7. The summed E-state index contributed by atoms with van der Waals surface area (Å²) < 4.78 is 2.34. The maximum atomic E-state index is 12.7. The zero-order valence-electron chi connectivity index (χ0n) is 17.8. The van der Waals surface area contributed by atoms with Crippen molar-refractivity contribution in [3.8, 4) is 0 Å². The highest BCUT2D eigenvalue weighted by Crippen LogP contribution is 2.12. The molecule has 0 saturated heterocycles. The van der Waals surface area contributed by atoms with Gasteiger partial charge >= 0.3 is 5.69 Å². The van der Waals surface area contributed by atoms with Crippen LogP contribution < -0.4 is 16.3 Å². The first-order chi connectivity index (χ1) is 15.4. The molecule has 0 aliphatic carbocycles. The van der Waals surface area contributed by atoms with Crippen LogP contribution in [-0.4, -0.2) is 26.0 Å². The normalized spacial score (nSPS) is 10.8. The summed E-state index contributed by atoms with van der Waals surface area (Å²) in [6.07, 6.45) is 2.28. The Kier molecular flexibility index (Phi) is 5.85. The predicted octanol–water partition coefficient (Wildman–Crippen LogP) is 3.26. The van der Waals surface area contributed by atoms with Crippen LogP contribution in [0.2, 0.25) is 0 Å². The van der Waals surface area contributed by atoms with E-state index in [-0.39, 0.29) is 18.4 Å². The first-order valence-corrected chi connectivity index (χ1v) is 10.3. The molecule has 32 heavy (non-hydrogen) atoms. The van der Waals surface area contributed by atoms with Crippen molar-refractivity contribution in [2.45, 2.75) is 26.8 Å². The van der Waals surface area contributed by atoms with Crippen molar-refractivity contribution in [1.82, 2.24) is 14.2 Å². The average Bonchev–Trinajstić information content (AvgIpc) is 3.10. The van der Waals surface area contributed by atoms with Gasteiger partial charge in [-0.3, -0.25) is 9.59 Å². The Bertz CT molecular complexity index is 1350. The summed E-state index contributed by atoms with van der Waals surface area (Å²) in [5.41, 5.74) is 3.68. The maximum Gasteiger partial charge on any atom is 0.350 e. The lowest BCUT2D eigenvalue weighted by Gasteiger charge is -2.06. The summed E-state index contributed by atoms with van der Waals surface area (Å²) in [6.45, 7) is 3.76. The number of aryl methyl sites for hydroxylation is 2. The summed E-state index contributed by atoms with van der Waals surface area (Å²) in [7, 11) is 0. The van der Waals surface area contributed by atoms with Gasteiger partial charge in [0.25, 0.3) is 5.91 Å². The summed E-state index contributed by atoms with van der Waals surface area (Å²) in [5.74, 6) is -0.704. The summed E-state index contributed by atoms with van der Waals surface area (Å²) >= 11 is 0. The number of carbonyl (C=O) groups excluding carboxylic acids is 2. The van der Waals surface area contributed by atoms with E-state index in [1.165, 1.54) is 10.6 Å². The van der Waals surface area contributed by atoms with E-state index in [9.17, 15) is 14.4 Å². The largest absolute Gasteiger partial charge is 0.350 e. The molecule has 2 amide bonds. The van der Waals surface area contributed by atoms with E-state index in [1.807, 2.05) is 56.3 Å². The molecule has 0 unspecified atom stereocenters. The van der Waals surface area contributed by atoms with Crippen molar-refractivity contribution in [3.05, 3.63) is 94.0 Å². The molecule has 0 atom stereocenters. The minimum atomic E-state index is -0.498. The van der Waals surface area contributed by atoms with Crippen molar-refractivity contribution in [2.24, 2.45) is 0 Å². The Labute approximate surface area is 184 Å². The first-order valence-electron chi connectivity index (χ1n) is 10.3. The number of nitrogens with zero attached hydrogens (tertiary/aromatic N) is 3. The van der Waals surface area contributed by atoms with Gasteiger partial charge in [0.2, 0.25) is 5.91 Å². The van der Waals surface area contributed by atoms with E-state index in [4.69, 9.17) is 0 Å². The molecule has 0 bridgehead atoms. The van der Waals surface area contributed by atoms with Gasteiger partial charge in [0, 0.05) is 17.6 Å². The molecule has 0 spiro atoms. The van der Waals surface area contributed by atoms with Gasteiger partial charge in [0.05, 0.1) is 5.56 Å². The number of fused-ring (bicyclic) bond motifs is 1. The van der Waals surface area contributed by atoms with Crippen LogP contribution in [0.3, 0.4) is 0 Å². The van der Waals surface area contributed by atoms with Crippen molar-refractivity contribution >= 4 is 28.8 Å². The van der Waals surface area contributed by atoms with Crippen LogP contribution in [0.1, 0.15) is 28.4 Å². The molecule has 2 aromatic carbocycles. The van der Waals surface area contributed by atoms with Crippen molar-refractivity contribution in [2.75, 3.05) is 10.6 Å². The quantitative estimate of drug-likeness (QED) is 0.492. The fraction of sp³-hybridized carbons (Fsp3) is 0.167. The van der Waals surface area contributed by atoms with E-state index in [2.05, 4.69) is 15.7 Å². The van der Waals surface area contributed by atoms with E-state index < -0.39 is 5.69 Å². The summed E-state index contributed by atoms with van der Waals surface area (Å²) in [4.78, 5) is 37.7. The predicted molar refractivity (Wildman–Crippen MR) is 123 cm³/mol. The van der Waals surface area contributed by atoms with Crippen molar-refractivity contribution in [3.63, 3.8) is 0 Å². The Hall–Kier alpha value is -4.20. The second-order valence-corrected chi connectivity index (χ2v) is 7.51. The molecule has 0 fully saturated rings. The average molecular weight is 429 g/mol. The van der Waals surface area contributed by atoms with Gasteiger partial charge in [-0.15, -0.1) is 5.10 Å². The number of hydrogen-bond donors (Lipinski definition) is 2. The van der Waals surface area contributed by atoms with Gasteiger partial charge in [-0.1, -0.05) is 36.8 Å². The van der Waals surface area contributed by atoms with Crippen molar-refractivity contribution < 1.29 is 9.59 Å². The second kappa shape index (κ2) is 8.89. The molecule has 0 aliphatic heterocycles. The second-order valence-electron chi connectivity index (χ2n) is 7.51. The third-order valence-corrected chi connectivity index (χ3v) is 5.06. The number of hydrogen-bond acceptors (Lipinski definition) is 4. The number of benzene rings is 2. The molecule has 4 rings (SSSR count). The fourth-order valence-corrected chi connectivity index (χ4v) is 3.30. The Morgan fingerprint density at radius 3 is 2.50 bits per heavy atom. The van der Waals surface area contributed by atoms with Crippen LogP contribution >= 0.6 is 0 Å². The van der Waals surface area contributed by atoms with Gasteiger partial charge in [0.1, 0.15) is 6.54 Å². The molecular formula is C24H23N5O3. The van der Waals surface area contributed by atoms with E-state index >= 15 is 0 Å². The molecule has 2 N–H and O–H groups in total. The van der Waals surface area contributed by atoms with E-state index in [0.29, 0.717) is 22.6 Å². The molecule has 2 heterocycles. The standard InChI is InChI=1S/C24H23N5O3/c1-3-17-5-4-6-20(13-17)25-22(30)15-29-24(32)28-14-18(9-12-21(28)27-29)23(31)26-19-10-7-16(2)8-11-19/h4-14H,3,15H2,1-2H3,(H,25,30)(H,26,31). The highest BCUT2D eigenvalue weighted by molar-refractivity contribution is 6.04. The lowest BCUT2D eigenvalue weighted by molar-refractivity contribution is -0.117. The Balaban J connectivity index is 1.51. The lowest BCUT2D eigenvalue weighted by atomic mass is 10.1. The van der Waals surface area contributed by atoms with Crippen LogP contribution in [-0.2, 0) is 17.8 Å². The first kappa shape index (κ1) is 21.0. The number of pyridine rings is 1. The minimum absolute atomic E-state index is 0.234. The molecule has 162 valence electrons. The number of carbonyl (C=O) groups is 2. The third-order valence-electron chi connectivity index (χ3n) is 5.06. The lowest BCUT2D eigenvalue weighted by Crippen LogP contribution is -2.28. The van der Waals surface area contributed by atoms with E-state index in [1.54, 1.807) is 18.2 Å². The molecule has 2 aromatic heterocycles. The number of nitrogens with one attached hydrogen (secondary N) is 2. The van der Waals surface area contributed by atoms with Gasteiger partial charge in [-0.25, -0.2) is 13.9 Å². The van der Waals surface area contributed by atoms with Crippen LogP contribution in [0, 0.1) is 6.92 Å². The highest BCUT2D eigenvalue weighted by atomic mass is 16.2. The molecule has 8 nitrogen and oxygen atoms in total. The van der Waals surface area contributed by atoms with E-state index in [0.717, 1.165) is 22.2 Å². The summed E-state index contributed by atoms with van der Waals surface area (Å²) in [6, 6.07) is 18.1. The summed E-state index contributed by atoms with van der Waals surface area (Å²) in [5, 5.41) is 9.78. The smallest absolute Gasteiger partial charge is 0.324 e. The minimum Gasteiger partial charge on any atom is -0.324 e. The van der Waals surface area contributed by atoms with Crippen LogP contribution in [0.15, 0.2) is 71.7 Å². The van der Waals surface area contributed by atoms with Crippen LogP contribution in [0.5, 0.6) is 0 Å². The number of rotatable bonds is 6. The molecule has 8 heteroatoms. The van der Waals surface area contributed by atoms with Crippen LogP contribution in [0.25, 0.3) is 5.65 Å². The molecule has 0 saturated carbocycles.